The van der Waals surface area contributed by atoms with Crippen LogP contribution in [0.3, 0.4) is 0 Å². The van der Waals surface area contributed by atoms with Crippen molar-refractivity contribution >= 4 is 45.0 Å². The molecule has 0 spiro atoms. The SMILES string of the molecule is Cc1ccc(-n2nnnc2SCCC(=O)Nc2cc(S(=O)(=O)N(C)C)ccc2Cl)cc1. The molecule has 2 aromatic carbocycles. The summed E-state index contributed by atoms with van der Waals surface area (Å²) >= 11 is 7.46. The van der Waals surface area contributed by atoms with Gasteiger partial charge in [-0.2, -0.15) is 4.68 Å². The lowest BCUT2D eigenvalue weighted by atomic mass is 10.2. The highest BCUT2D eigenvalue weighted by atomic mass is 35.5. The van der Waals surface area contributed by atoms with E-state index in [4.69, 9.17) is 11.6 Å². The first-order chi connectivity index (χ1) is 14.7. The number of thioether (sulfide) groups is 1. The largest absolute Gasteiger partial charge is 0.325 e. The number of aryl methyl sites for hydroxylation is 1. The van der Waals surface area contributed by atoms with Crippen molar-refractivity contribution in [1.29, 1.82) is 0 Å². The number of hydrogen-bond donors (Lipinski definition) is 1. The number of carbonyl (C=O) groups excluding carboxylic acids is 1. The zero-order valence-electron chi connectivity index (χ0n) is 17.1. The standard InChI is InChI=1S/C19H21ClN6O3S2/c1-13-4-6-14(7-5-13)26-19(22-23-24-26)30-11-10-18(27)21-17-12-15(8-9-16(17)20)31(28,29)25(2)3/h4-9,12H,10-11H2,1-3H3,(H,21,27). The lowest BCUT2D eigenvalue weighted by Gasteiger charge is -2.13. The molecule has 1 aromatic heterocycles. The van der Waals surface area contributed by atoms with Gasteiger partial charge in [0.2, 0.25) is 21.1 Å². The van der Waals surface area contributed by atoms with Crippen LogP contribution in [0.1, 0.15) is 12.0 Å². The second kappa shape index (κ2) is 9.77. The number of sulfonamides is 1. The molecule has 0 aliphatic carbocycles. The van der Waals surface area contributed by atoms with Gasteiger partial charge in [-0.05, 0) is 47.7 Å². The number of nitrogens with one attached hydrogen (secondary N) is 1. The third-order valence-electron chi connectivity index (χ3n) is 4.27. The summed E-state index contributed by atoms with van der Waals surface area (Å²) in [4.78, 5) is 12.4. The zero-order valence-corrected chi connectivity index (χ0v) is 19.5. The van der Waals surface area contributed by atoms with E-state index < -0.39 is 10.0 Å². The predicted molar refractivity (Wildman–Crippen MR) is 120 cm³/mol. The Morgan fingerprint density at radius 2 is 1.90 bits per heavy atom. The normalized spacial score (nSPS) is 11.6. The average Bonchev–Trinajstić information content (AvgIpc) is 3.18. The van der Waals surface area contributed by atoms with Gasteiger partial charge in [0.15, 0.2) is 0 Å². The van der Waals surface area contributed by atoms with Crippen molar-refractivity contribution in [2.45, 2.75) is 23.4 Å². The summed E-state index contributed by atoms with van der Waals surface area (Å²) in [5.41, 5.74) is 2.20. The molecule has 1 heterocycles. The topological polar surface area (TPSA) is 110 Å². The molecular weight excluding hydrogens is 460 g/mol. The second-order valence-corrected chi connectivity index (χ2v) is 10.4. The Morgan fingerprint density at radius 3 is 2.58 bits per heavy atom. The smallest absolute Gasteiger partial charge is 0.242 e. The van der Waals surface area contributed by atoms with E-state index in [1.165, 1.54) is 44.1 Å². The van der Waals surface area contributed by atoms with E-state index in [-0.39, 0.29) is 27.9 Å². The average molecular weight is 481 g/mol. The maximum Gasteiger partial charge on any atom is 0.242 e. The van der Waals surface area contributed by atoms with Crippen LogP contribution in [0.2, 0.25) is 5.02 Å². The number of amides is 1. The summed E-state index contributed by atoms with van der Waals surface area (Å²) in [6, 6.07) is 12.0. The molecular formula is C19H21ClN6O3S2. The zero-order chi connectivity index (χ0) is 22.6. The predicted octanol–water partition coefficient (Wildman–Crippen LogP) is 3.00. The van der Waals surface area contributed by atoms with Gasteiger partial charge in [0.1, 0.15) is 0 Å². The van der Waals surface area contributed by atoms with Gasteiger partial charge in [-0.15, -0.1) is 5.10 Å². The summed E-state index contributed by atoms with van der Waals surface area (Å²) in [6.45, 7) is 2.00. The Balaban J connectivity index is 1.62. The molecule has 1 amide bonds. The number of rotatable bonds is 8. The quantitative estimate of drug-likeness (QED) is 0.493. The van der Waals surface area contributed by atoms with Crippen LogP contribution in [-0.2, 0) is 14.8 Å². The van der Waals surface area contributed by atoms with Crippen LogP contribution in [0.15, 0.2) is 52.5 Å². The molecule has 0 saturated heterocycles. The summed E-state index contributed by atoms with van der Waals surface area (Å²) < 4.78 is 27.3. The maximum absolute atomic E-state index is 12.4. The van der Waals surface area contributed by atoms with Gasteiger partial charge in [-0.25, -0.2) is 12.7 Å². The number of anilines is 1. The fourth-order valence-corrected chi connectivity index (χ4v) is 4.46. The molecule has 0 unspecified atom stereocenters. The fraction of sp³-hybridized carbons (Fsp3) is 0.263. The van der Waals surface area contributed by atoms with Crippen LogP contribution in [0.4, 0.5) is 5.69 Å². The molecule has 3 aromatic rings. The monoisotopic (exact) mass is 480 g/mol. The van der Waals surface area contributed by atoms with Crippen LogP contribution in [0, 0.1) is 6.92 Å². The Morgan fingerprint density at radius 1 is 1.19 bits per heavy atom. The summed E-state index contributed by atoms with van der Waals surface area (Å²) in [5.74, 6) is 0.119. The second-order valence-electron chi connectivity index (χ2n) is 6.78. The third-order valence-corrected chi connectivity index (χ3v) is 7.33. The van der Waals surface area contributed by atoms with Crippen LogP contribution in [-0.4, -0.2) is 58.7 Å². The first kappa shape index (κ1) is 23.2. The minimum absolute atomic E-state index is 0.0452. The number of aromatic nitrogens is 4. The molecule has 0 aliphatic heterocycles. The van der Waals surface area contributed by atoms with E-state index in [0.29, 0.717) is 10.9 Å². The minimum Gasteiger partial charge on any atom is -0.325 e. The van der Waals surface area contributed by atoms with Crippen molar-refractivity contribution < 1.29 is 13.2 Å². The van der Waals surface area contributed by atoms with Crippen molar-refractivity contribution in [1.82, 2.24) is 24.5 Å². The van der Waals surface area contributed by atoms with Crippen molar-refractivity contribution in [2.24, 2.45) is 0 Å². The minimum atomic E-state index is -3.64. The Hall–Kier alpha value is -2.47. The summed E-state index contributed by atoms with van der Waals surface area (Å²) in [5, 5.41) is 15.2. The van der Waals surface area contributed by atoms with Crippen LogP contribution < -0.4 is 5.32 Å². The third kappa shape index (κ3) is 5.62. The molecule has 164 valence electrons. The van der Waals surface area contributed by atoms with Crippen molar-refractivity contribution in [3.63, 3.8) is 0 Å². The molecule has 0 bridgehead atoms. The van der Waals surface area contributed by atoms with E-state index >= 15 is 0 Å². The van der Waals surface area contributed by atoms with E-state index in [1.807, 2.05) is 31.2 Å². The first-order valence-corrected chi connectivity index (χ1v) is 12.0. The molecule has 31 heavy (non-hydrogen) atoms. The lowest BCUT2D eigenvalue weighted by Crippen LogP contribution is -2.22. The number of benzene rings is 2. The fourth-order valence-electron chi connectivity index (χ4n) is 2.54. The van der Waals surface area contributed by atoms with Gasteiger partial charge < -0.3 is 5.32 Å². The van der Waals surface area contributed by atoms with Crippen LogP contribution in [0.25, 0.3) is 5.69 Å². The number of nitrogens with zero attached hydrogens (tertiary/aromatic N) is 5. The number of halogens is 1. The highest BCUT2D eigenvalue weighted by Crippen LogP contribution is 2.27. The van der Waals surface area contributed by atoms with Crippen LogP contribution in [0.5, 0.6) is 0 Å². The Bertz CT molecular complexity index is 1180. The number of carbonyl (C=O) groups is 1. The first-order valence-electron chi connectivity index (χ1n) is 9.18. The maximum atomic E-state index is 12.4. The molecule has 0 fully saturated rings. The van der Waals surface area contributed by atoms with Crippen molar-refractivity contribution in [3.8, 4) is 5.69 Å². The highest BCUT2D eigenvalue weighted by molar-refractivity contribution is 7.99. The Labute approximate surface area is 189 Å². The van der Waals surface area contributed by atoms with Gasteiger partial charge in [0.25, 0.3) is 0 Å². The Kier molecular flexibility index (Phi) is 7.31. The number of tetrazole rings is 1. The van der Waals surface area contributed by atoms with Gasteiger partial charge in [-0.1, -0.05) is 41.1 Å². The molecule has 3 rings (SSSR count). The van der Waals surface area contributed by atoms with E-state index in [9.17, 15) is 13.2 Å². The highest BCUT2D eigenvalue weighted by Gasteiger charge is 2.19. The van der Waals surface area contributed by atoms with Gasteiger partial charge in [0, 0.05) is 26.3 Å². The molecule has 0 radical (unpaired) electrons. The van der Waals surface area contributed by atoms with E-state index in [2.05, 4.69) is 20.8 Å². The van der Waals surface area contributed by atoms with Crippen molar-refractivity contribution in [3.05, 3.63) is 53.1 Å². The van der Waals surface area contributed by atoms with E-state index in [0.717, 1.165) is 15.6 Å². The molecule has 0 atom stereocenters. The molecule has 12 heteroatoms. The van der Waals surface area contributed by atoms with Crippen LogP contribution >= 0.6 is 23.4 Å². The lowest BCUT2D eigenvalue weighted by molar-refractivity contribution is -0.115. The number of hydrogen-bond acceptors (Lipinski definition) is 7. The molecule has 0 saturated carbocycles. The summed E-state index contributed by atoms with van der Waals surface area (Å²) in [7, 11) is -0.770. The van der Waals surface area contributed by atoms with Gasteiger partial charge in [-0.3, -0.25) is 4.79 Å². The van der Waals surface area contributed by atoms with Gasteiger partial charge in [0.05, 0.1) is 21.3 Å². The van der Waals surface area contributed by atoms with Crippen molar-refractivity contribution in [2.75, 3.05) is 25.2 Å². The molecule has 9 nitrogen and oxygen atoms in total. The molecule has 0 aliphatic rings. The summed E-state index contributed by atoms with van der Waals surface area (Å²) in [6.07, 6.45) is 0.159. The van der Waals surface area contributed by atoms with E-state index in [1.54, 1.807) is 4.68 Å². The molecule has 1 N–H and O–H groups in total. The van der Waals surface area contributed by atoms with Gasteiger partial charge >= 0.3 is 0 Å².